The Kier molecular flexibility index (Phi) is 6.08. The predicted octanol–water partition coefficient (Wildman–Crippen LogP) is 3.11. The Balaban J connectivity index is 1.61. The van der Waals surface area contributed by atoms with Crippen LogP contribution in [0.2, 0.25) is 0 Å². The lowest BCUT2D eigenvalue weighted by molar-refractivity contribution is -0.123. The molecular formula is C21H25N3O3. The summed E-state index contributed by atoms with van der Waals surface area (Å²) in [6.45, 7) is 6.83. The van der Waals surface area contributed by atoms with Gasteiger partial charge < -0.3 is 20.3 Å². The Bertz CT molecular complexity index is 809. The minimum absolute atomic E-state index is 0.232. The smallest absolute Gasteiger partial charge is 0.233 e. The minimum atomic E-state index is -0.336. The molecule has 0 saturated carbocycles. The van der Waals surface area contributed by atoms with Gasteiger partial charge in [0, 0.05) is 18.8 Å². The zero-order valence-electron chi connectivity index (χ0n) is 15.7. The molecular weight excluding hydrogens is 342 g/mol. The summed E-state index contributed by atoms with van der Waals surface area (Å²) in [6, 6.07) is 13.4. The van der Waals surface area contributed by atoms with Crippen molar-refractivity contribution in [1.29, 1.82) is 0 Å². The lowest BCUT2D eigenvalue weighted by Crippen LogP contribution is -2.36. The van der Waals surface area contributed by atoms with Crippen LogP contribution in [-0.2, 0) is 14.3 Å². The number of aryl methyl sites for hydroxylation is 2. The molecule has 2 aromatic carbocycles. The number of benzene rings is 2. The van der Waals surface area contributed by atoms with E-state index in [4.69, 9.17) is 4.74 Å². The van der Waals surface area contributed by atoms with Crippen molar-refractivity contribution in [2.45, 2.75) is 20.3 Å². The van der Waals surface area contributed by atoms with E-state index < -0.39 is 0 Å². The normalized spacial score (nSPS) is 13.9. The molecule has 0 aromatic heterocycles. The molecule has 0 spiro atoms. The van der Waals surface area contributed by atoms with Crippen LogP contribution in [0, 0.1) is 13.8 Å². The molecule has 6 heteroatoms. The molecule has 0 bridgehead atoms. The van der Waals surface area contributed by atoms with Crippen LogP contribution in [0.5, 0.6) is 0 Å². The van der Waals surface area contributed by atoms with Gasteiger partial charge in [0.2, 0.25) is 11.8 Å². The van der Waals surface area contributed by atoms with Crippen molar-refractivity contribution in [3.63, 3.8) is 0 Å². The van der Waals surface area contributed by atoms with Crippen molar-refractivity contribution in [3.05, 3.63) is 53.6 Å². The highest BCUT2D eigenvalue weighted by Crippen LogP contribution is 2.26. The number of carbonyl (C=O) groups is 2. The van der Waals surface area contributed by atoms with Crippen LogP contribution >= 0.6 is 0 Å². The van der Waals surface area contributed by atoms with E-state index in [1.54, 1.807) is 0 Å². The molecule has 3 rings (SSSR count). The molecule has 2 amide bonds. The van der Waals surface area contributed by atoms with Crippen LogP contribution in [0.25, 0.3) is 0 Å². The van der Waals surface area contributed by atoms with Crippen molar-refractivity contribution < 1.29 is 14.3 Å². The van der Waals surface area contributed by atoms with E-state index in [0.29, 0.717) is 24.6 Å². The Morgan fingerprint density at radius 1 is 0.963 bits per heavy atom. The molecule has 1 aliphatic heterocycles. The predicted molar refractivity (Wildman–Crippen MR) is 107 cm³/mol. The maximum absolute atomic E-state index is 12.4. The second-order valence-electron chi connectivity index (χ2n) is 6.77. The Labute approximate surface area is 159 Å². The summed E-state index contributed by atoms with van der Waals surface area (Å²) in [6.07, 6.45) is -0.232. The van der Waals surface area contributed by atoms with Crippen molar-refractivity contribution in [3.8, 4) is 0 Å². The number of amides is 2. The topological polar surface area (TPSA) is 70.7 Å². The number of morpholine rings is 1. The van der Waals surface area contributed by atoms with Crippen molar-refractivity contribution >= 4 is 28.9 Å². The van der Waals surface area contributed by atoms with Gasteiger partial charge in [-0.25, -0.2) is 0 Å². The number of carbonyl (C=O) groups excluding carboxylic acids is 2. The third kappa shape index (κ3) is 5.31. The number of ether oxygens (including phenoxy) is 1. The lowest BCUT2D eigenvalue weighted by atomic mass is 10.1. The average Bonchev–Trinajstić information content (AvgIpc) is 2.61. The summed E-state index contributed by atoms with van der Waals surface area (Å²) in [5.74, 6) is -0.668. The summed E-state index contributed by atoms with van der Waals surface area (Å²) in [4.78, 5) is 26.8. The number of nitrogens with one attached hydrogen (secondary N) is 2. The maximum Gasteiger partial charge on any atom is 0.233 e. The number of anilines is 3. The van der Waals surface area contributed by atoms with Gasteiger partial charge in [-0.05, 0) is 49.2 Å². The van der Waals surface area contributed by atoms with E-state index in [1.807, 2.05) is 56.3 Å². The first-order valence-corrected chi connectivity index (χ1v) is 9.11. The summed E-state index contributed by atoms with van der Waals surface area (Å²) >= 11 is 0. The van der Waals surface area contributed by atoms with Gasteiger partial charge in [0.15, 0.2) is 0 Å². The second-order valence-corrected chi connectivity index (χ2v) is 6.77. The molecule has 142 valence electrons. The lowest BCUT2D eigenvalue weighted by Gasteiger charge is -2.30. The van der Waals surface area contributed by atoms with Crippen LogP contribution < -0.4 is 15.5 Å². The van der Waals surface area contributed by atoms with Crippen LogP contribution in [0.15, 0.2) is 42.5 Å². The van der Waals surface area contributed by atoms with Gasteiger partial charge in [-0.1, -0.05) is 18.2 Å². The molecule has 1 fully saturated rings. The van der Waals surface area contributed by atoms with Gasteiger partial charge in [0.05, 0.1) is 24.6 Å². The first-order chi connectivity index (χ1) is 13.0. The van der Waals surface area contributed by atoms with Crippen LogP contribution in [0.1, 0.15) is 17.5 Å². The van der Waals surface area contributed by atoms with Crippen molar-refractivity contribution in [2.24, 2.45) is 0 Å². The van der Waals surface area contributed by atoms with Crippen LogP contribution in [-0.4, -0.2) is 38.1 Å². The Morgan fingerprint density at radius 2 is 1.59 bits per heavy atom. The summed E-state index contributed by atoms with van der Waals surface area (Å²) in [5.41, 5.74) is 4.50. The molecule has 1 saturated heterocycles. The molecule has 0 atom stereocenters. The standard InChI is InChI=1S/C21H25N3O3/c1-15-11-16(2)13-17(12-15)22-20(25)14-21(26)23-18-5-3-4-6-19(18)24-7-9-27-10-8-24/h3-6,11-13H,7-10,14H2,1-2H3,(H,22,25)(H,23,26). The quantitative estimate of drug-likeness (QED) is 0.797. The Hall–Kier alpha value is -2.86. The molecule has 1 heterocycles. The largest absolute Gasteiger partial charge is 0.378 e. The van der Waals surface area contributed by atoms with E-state index in [2.05, 4.69) is 15.5 Å². The maximum atomic E-state index is 12.4. The highest BCUT2D eigenvalue weighted by molar-refractivity contribution is 6.09. The first kappa shape index (κ1) is 18.9. The zero-order chi connectivity index (χ0) is 19.2. The van der Waals surface area contributed by atoms with Crippen LogP contribution in [0.3, 0.4) is 0 Å². The fraction of sp³-hybridized carbons (Fsp3) is 0.333. The van der Waals surface area contributed by atoms with Gasteiger partial charge in [-0.3, -0.25) is 9.59 Å². The monoisotopic (exact) mass is 367 g/mol. The molecule has 0 aliphatic carbocycles. The minimum Gasteiger partial charge on any atom is -0.378 e. The highest BCUT2D eigenvalue weighted by atomic mass is 16.5. The number of nitrogens with zero attached hydrogens (tertiary/aromatic N) is 1. The molecule has 2 N–H and O–H groups in total. The van der Waals surface area contributed by atoms with Crippen molar-refractivity contribution in [1.82, 2.24) is 0 Å². The Morgan fingerprint density at radius 3 is 2.30 bits per heavy atom. The van der Waals surface area contributed by atoms with E-state index in [0.717, 1.165) is 29.9 Å². The number of rotatable bonds is 5. The van der Waals surface area contributed by atoms with Crippen LogP contribution in [0.4, 0.5) is 17.1 Å². The third-order valence-corrected chi connectivity index (χ3v) is 4.36. The fourth-order valence-corrected chi connectivity index (χ4v) is 3.25. The molecule has 1 aliphatic rings. The van der Waals surface area contributed by atoms with Gasteiger partial charge in [-0.2, -0.15) is 0 Å². The first-order valence-electron chi connectivity index (χ1n) is 9.11. The van der Waals surface area contributed by atoms with E-state index in [1.165, 1.54) is 0 Å². The van der Waals surface area contributed by atoms with Gasteiger partial charge in [-0.15, -0.1) is 0 Å². The number of para-hydroxylation sites is 2. The van der Waals surface area contributed by atoms with Gasteiger partial charge in [0.1, 0.15) is 6.42 Å². The van der Waals surface area contributed by atoms with Gasteiger partial charge in [0.25, 0.3) is 0 Å². The fourth-order valence-electron chi connectivity index (χ4n) is 3.25. The molecule has 2 aromatic rings. The zero-order valence-corrected chi connectivity index (χ0v) is 15.7. The van der Waals surface area contributed by atoms with Crippen molar-refractivity contribution in [2.75, 3.05) is 41.8 Å². The molecule has 27 heavy (non-hydrogen) atoms. The average molecular weight is 367 g/mol. The number of hydrogen-bond acceptors (Lipinski definition) is 4. The third-order valence-electron chi connectivity index (χ3n) is 4.36. The van der Waals surface area contributed by atoms with E-state index >= 15 is 0 Å². The summed E-state index contributed by atoms with van der Waals surface area (Å²) in [5, 5.41) is 5.66. The second kappa shape index (κ2) is 8.68. The number of hydrogen-bond donors (Lipinski definition) is 2. The SMILES string of the molecule is Cc1cc(C)cc(NC(=O)CC(=O)Nc2ccccc2N2CCOCC2)c1. The van der Waals surface area contributed by atoms with Gasteiger partial charge >= 0.3 is 0 Å². The molecule has 0 unspecified atom stereocenters. The molecule has 0 radical (unpaired) electrons. The molecule has 6 nitrogen and oxygen atoms in total. The summed E-state index contributed by atoms with van der Waals surface area (Å²) < 4.78 is 5.39. The summed E-state index contributed by atoms with van der Waals surface area (Å²) in [7, 11) is 0. The van der Waals surface area contributed by atoms with E-state index in [-0.39, 0.29) is 18.2 Å². The van der Waals surface area contributed by atoms with E-state index in [9.17, 15) is 9.59 Å². The highest BCUT2D eigenvalue weighted by Gasteiger charge is 2.17.